The molecule has 4 heterocycles. The number of piperidine rings is 1. The first kappa shape index (κ1) is 18.4. The van der Waals surface area contributed by atoms with Gasteiger partial charge >= 0.3 is 0 Å². The van der Waals surface area contributed by atoms with Crippen LogP contribution in [0.25, 0.3) is 0 Å². The van der Waals surface area contributed by atoms with E-state index in [1.165, 1.54) is 12.8 Å². The summed E-state index contributed by atoms with van der Waals surface area (Å²) in [5.74, 6) is 0.733. The van der Waals surface area contributed by atoms with Gasteiger partial charge in [-0.1, -0.05) is 18.9 Å². The van der Waals surface area contributed by atoms with Gasteiger partial charge < -0.3 is 9.47 Å². The van der Waals surface area contributed by atoms with Crippen molar-refractivity contribution in [1.82, 2.24) is 14.4 Å². The van der Waals surface area contributed by atoms with Crippen LogP contribution in [-0.2, 0) is 16.1 Å². The SMILES string of the molecule is O=C(CC(=O)N1CCCCCC1)CN1C[C@@H]2C[C@H](C1)c1cccc(=O)n1C2. The number of pyridine rings is 1. The van der Waals surface area contributed by atoms with Crippen LogP contribution >= 0.6 is 0 Å². The zero-order valence-electron chi connectivity index (χ0n) is 15.9. The molecule has 0 spiro atoms. The first-order valence-electron chi connectivity index (χ1n) is 10.3. The number of likely N-dealkylation sites (tertiary alicyclic amines) is 2. The van der Waals surface area contributed by atoms with Crippen LogP contribution in [0.1, 0.15) is 50.1 Å². The third-order valence-electron chi connectivity index (χ3n) is 6.26. The van der Waals surface area contributed by atoms with E-state index < -0.39 is 0 Å². The van der Waals surface area contributed by atoms with Gasteiger partial charge in [0.05, 0.1) is 13.0 Å². The van der Waals surface area contributed by atoms with Gasteiger partial charge in [0.25, 0.3) is 5.56 Å². The van der Waals surface area contributed by atoms with Gasteiger partial charge in [0.1, 0.15) is 0 Å². The number of hydrogen-bond acceptors (Lipinski definition) is 4. The Balaban J connectivity index is 1.35. The minimum atomic E-state index is -0.00370. The number of nitrogens with zero attached hydrogens (tertiary/aromatic N) is 3. The van der Waals surface area contributed by atoms with Crippen molar-refractivity contribution < 1.29 is 9.59 Å². The van der Waals surface area contributed by atoms with Crippen LogP contribution in [0.3, 0.4) is 0 Å². The van der Waals surface area contributed by atoms with E-state index in [4.69, 9.17) is 0 Å². The minimum Gasteiger partial charge on any atom is -0.342 e. The van der Waals surface area contributed by atoms with Gasteiger partial charge in [-0.25, -0.2) is 0 Å². The van der Waals surface area contributed by atoms with Crippen LogP contribution in [0.5, 0.6) is 0 Å². The molecular weight excluding hydrogens is 342 g/mol. The highest BCUT2D eigenvalue weighted by atomic mass is 16.2. The second kappa shape index (κ2) is 7.97. The molecule has 6 nitrogen and oxygen atoms in total. The molecule has 1 aromatic heterocycles. The number of hydrogen-bond donors (Lipinski definition) is 0. The van der Waals surface area contributed by atoms with Crippen LogP contribution in [0.4, 0.5) is 0 Å². The van der Waals surface area contributed by atoms with Gasteiger partial charge in [-0.05, 0) is 31.2 Å². The van der Waals surface area contributed by atoms with Crippen LogP contribution in [0.2, 0.25) is 0 Å². The highest BCUT2D eigenvalue weighted by molar-refractivity contribution is 5.99. The van der Waals surface area contributed by atoms with E-state index in [1.807, 2.05) is 21.6 Å². The Morgan fingerprint density at radius 1 is 1.00 bits per heavy atom. The van der Waals surface area contributed by atoms with E-state index in [9.17, 15) is 14.4 Å². The quantitative estimate of drug-likeness (QED) is 0.755. The van der Waals surface area contributed by atoms with Crippen LogP contribution in [0.15, 0.2) is 23.0 Å². The molecule has 146 valence electrons. The molecule has 0 radical (unpaired) electrons. The first-order valence-corrected chi connectivity index (χ1v) is 10.3. The predicted octanol–water partition coefficient (Wildman–Crippen LogP) is 1.63. The van der Waals surface area contributed by atoms with Gasteiger partial charge in [0.15, 0.2) is 5.78 Å². The molecule has 3 aliphatic rings. The lowest BCUT2D eigenvalue weighted by atomic mass is 9.83. The summed E-state index contributed by atoms with van der Waals surface area (Å²) in [5, 5.41) is 0. The predicted molar refractivity (Wildman–Crippen MR) is 103 cm³/mol. The van der Waals surface area contributed by atoms with Crippen molar-refractivity contribution in [3.63, 3.8) is 0 Å². The Morgan fingerprint density at radius 2 is 1.78 bits per heavy atom. The number of fused-ring (bicyclic) bond motifs is 4. The number of Topliss-reactive ketones (excluding diaryl/α,β-unsaturated/α-hetero) is 1. The highest BCUT2D eigenvalue weighted by Crippen LogP contribution is 2.34. The van der Waals surface area contributed by atoms with E-state index >= 15 is 0 Å². The molecule has 0 aromatic carbocycles. The lowest BCUT2D eigenvalue weighted by Gasteiger charge is -2.42. The molecule has 2 saturated heterocycles. The van der Waals surface area contributed by atoms with Crippen molar-refractivity contribution in [2.75, 3.05) is 32.7 Å². The van der Waals surface area contributed by atoms with Crippen molar-refractivity contribution in [1.29, 1.82) is 0 Å². The zero-order valence-corrected chi connectivity index (χ0v) is 15.9. The number of amides is 1. The van der Waals surface area contributed by atoms with E-state index in [0.717, 1.165) is 57.7 Å². The molecule has 0 unspecified atom stereocenters. The Kier molecular flexibility index (Phi) is 5.43. The lowest BCUT2D eigenvalue weighted by Crippen LogP contribution is -2.48. The van der Waals surface area contributed by atoms with Crippen LogP contribution in [-0.4, -0.2) is 58.8 Å². The fourth-order valence-corrected chi connectivity index (χ4v) is 5.03. The standard InChI is InChI=1S/C21H29N3O3/c25-18(11-21(27)23-8-3-1-2-4-9-23)15-22-12-16-10-17(14-22)19-6-5-7-20(26)24(19)13-16/h5-7,16-17H,1-4,8-15H2/t16-,17+/m0/s1. The van der Waals surface area contributed by atoms with Crippen LogP contribution in [0, 0.1) is 5.92 Å². The molecule has 2 bridgehead atoms. The number of rotatable bonds is 4. The molecule has 0 N–H and O–H groups in total. The van der Waals surface area contributed by atoms with E-state index in [1.54, 1.807) is 6.07 Å². The maximum absolute atomic E-state index is 12.5. The average molecular weight is 371 g/mol. The second-order valence-electron chi connectivity index (χ2n) is 8.40. The van der Waals surface area contributed by atoms with E-state index in [0.29, 0.717) is 18.4 Å². The summed E-state index contributed by atoms with van der Waals surface area (Å²) in [6.45, 7) is 4.31. The lowest BCUT2D eigenvalue weighted by molar-refractivity contribution is -0.135. The monoisotopic (exact) mass is 371 g/mol. The summed E-state index contributed by atoms with van der Waals surface area (Å²) in [4.78, 5) is 41.1. The summed E-state index contributed by atoms with van der Waals surface area (Å²) in [7, 11) is 0. The topological polar surface area (TPSA) is 62.6 Å². The smallest absolute Gasteiger partial charge is 0.250 e. The van der Waals surface area contributed by atoms with Crippen molar-refractivity contribution in [2.24, 2.45) is 5.92 Å². The molecule has 0 saturated carbocycles. The van der Waals surface area contributed by atoms with Crippen molar-refractivity contribution in [3.05, 3.63) is 34.2 Å². The average Bonchev–Trinajstić information content (AvgIpc) is 2.92. The summed E-state index contributed by atoms with van der Waals surface area (Å²) >= 11 is 0. The molecule has 6 heteroatoms. The fraction of sp³-hybridized carbons (Fsp3) is 0.667. The fourth-order valence-electron chi connectivity index (χ4n) is 5.03. The van der Waals surface area contributed by atoms with Gasteiger partial charge in [-0.15, -0.1) is 0 Å². The maximum atomic E-state index is 12.5. The van der Waals surface area contributed by atoms with Crippen molar-refractivity contribution in [3.8, 4) is 0 Å². The maximum Gasteiger partial charge on any atom is 0.250 e. The Labute approximate surface area is 160 Å². The van der Waals surface area contributed by atoms with Crippen LogP contribution < -0.4 is 5.56 Å². The summed E-state index contributed by atoms with van der Waals surface area (Å²) in [6, 6.07) is 5.50. The third kappa shape index (κ3) is 4.15. The molecular formula is C21H29N3O3. The third-order valence-corrected chi connectivity index (χ3v) is 6.26. The summed E-state index contributed by atoms with van der Waals surface area (Å²) < 4.78 is 1.90. The zero-order chi connectivity index (χ0) is 18.8. The van der Waals surface area contributed by atoms with Crippen molar-refractivity contribution in [2.45, 2.75) is 51.0 Å². The summed E-state index contributed by atoms with van der Waals surface area (Å²) in [5.41, 5.74) is 1.17. The number of carbonyl (C=O) groups is 2. The van der Waals surface area contributed by atoms with E-state index in [-0.39, 0.29) is 23.7 Å². The Morgan fingerprint density at radius 3 is 2.56 bits per heavy atom. The molecule has 27 heavy (non-hydrogen) atoms. The molecule has 2 fully saturated rings. The number of aromatic nitrogens is 1. The summed E-state index contributed by atoms with van der Waals surface area (Å²) in [6.07, 6.45) is 5.57. The minimum absolute atomic E-state index is 0.00370. The van der Waals surface area contributed by atoms with Gasteiger partial charge in [0, 0.05) is 50.4 Å². The normalized spacial score (nSPS) is 25.6. The molecule has 3 aliphatic heterocycles. The molecule has 4 rings (SSSR count). The molecule has 1 aromatic rings. The Hall–Kier alpha value is -1.95. The molecule has 1 amide bonds. The highest BCUT2D eigenvalue weighted by Gasteiger charge is 2.35. The largest absolute Gasteiger partial charge is 0.342 e. The van der Waals surface area contributed by atoms with Crippen molar-refractivity contribution >= 4 is 11.7 Å². The molecule has 2 atom stereocenters. The number of ketones is 1. The second-order valence-corrected chi connectivity index (χ2v) is 8.40. The van der Waals surface area contributed by atoms with Gasteiger partial charge in [-0.2, -0.15) is 0 Å². The Bertz CT molecular complexity index is 764. The molecule has 0 aliphatic carbocycles. The number of carbonyl (C=O) groups excluding carboxylic acids is 2. The first-order chi connectivity index (χ1) is 13.1. The van der Waals surface area contributed by atoms with Gasteiger partial charge in [0.2, 0.25) is 5.91 Å². The van der Waals surface area contributed by atoms with Gasteiger partial charge in [-0.3, -0.25) is 19.3 Å². The van der Waals surface area contributed by atoms with E-state index in [2.05, 4.69) is 4.90 Å².